The Kier molecular flexibility index (Phi) is 5.64. The summed E-state index contributed by atoms with van der Waals surface area (Å²) in [6.07, 6.45) is 0. The highest BCUT2D eigenvalue weighted by atomic mass is 19.1. The van der Waals surface area contributed by atoms with E-state index >= 15 is 0 Å². The summed E-state index contributed by atoms with van der Waals surface area (Å²) < 4.78 is 24.2. The number of hydrogen-bond acceptors (Lipinski definition) is 3. The first kappa shape index (κ1) is 17.7. The van der Waals surface area contributed by atoms with Crippen LogP contribution in [0.5, 0.6) is 5.75 Å². The number of ether oxygens (including phenoxy) is 2. The number of carbonyl (C=O) groups excluding carboxylic acids is 1. The van der Waals surface area contributed by atoms with Crippen LogP contribution in [0, 0.1) is 5.82 Å². The van der Waals surface area contributed by atoms with Crippen molar-refractivity contribution in [1.82, 2.24) is 0 Å². The second kappa shape index (κ2) is 8.30. The lowest BCUT2D eigenvalue weighted by Gasteiger charge is -2.17. The molecule has 0 spiro atoms. The topological polar surface area (TPSA) is 35.5 Å². The summed E-state index contributed by atoms with van der Waals surface area (Å²) in [5.41, 5.74) is 2.27. The van der Waals surface area contributed by atoms with E-state index in [1.54, 1.807) is 6.07 Å². The van der Waals surface area contributed by atoms with E-state index in [0.717, 1.165) is 11.1 Å². The monoisotopic (exact) mass is 350 g/mol. The summed E-state index contributed by atoms with van der Waals surface area (Å²) in [6, 6.07) is 23.4. The zero-order valence-electron chi connectivity index (χ0n) is 14.4. The lowest BCUT2D eigenvalue weighted by molar-refractivity contribution is -0.145. The molecule has 4 heteroatoms. The number of hydrogen-bond donors (Lipinski definition) is 0. The smallest absolute Gasteiger partial charge is 0.318 e. The third-order valence-electron chi connectivity index (χ3n) is 4.10. The molecular weight excluding hydrogens is 331 g/mol. The molecule has 0 bridgehead atoms. The van der Waals surface area contributed by atoms with Crippen molar-refractivity contribution in [2.45, 2.75) is 12.5 Å². The molecule has 0 heterocycles. The van der Waals surface area contributed by atoms with Gasteiger partial charge in [0.2, 0.25) is 0 Å². The highest BCUT2D eigenvalue weighted by Gasteiger charge is 2.24. The maximum atomic E-state index is 13.8. The number of benzene rings is 3. The van der Waals surface area contributed by atoms with Gasteiger partial charge in [-0.05, 0) is 28.8 Å². The van der Waals surface area contributed by atoms with Gasteiger partial charge in [-0.3, -0.25) is 4.79 Å². The van der Waals surface area contributed by atoms with E-state index < -0.39 is 11.7 Å². The molecule has 0 radical (unpaired) electrons. The highest BCUT2D eigenvalue weighted by Crippen LogP contribution is 2.26. The fourth-order valence-electron chi connectivity index (χ4n) is 2.79. The normalized spacial score (nSPS) is 10.6. The molecule has 3 aromatic rings. The van der Waals surface area contributed by atoms with Crippen LogP contribution in [-0.2, 0) is 16.1 Å². The molecule has 132 valence electrons. The van der Waals surface area contributed by atoms with Crippen LogP contribution >= 0.6 is 0 Å². The summed E-state index contributed by atoms with van der Waals surface area (Å²) >= 11 is 0. The zero-order chi connectivity index (χ0) is 18.4. The third-order valence-corrected chi connectivity index (χ3v) is 4.10. The van der Waals surface area contributed by atoms with Crippen LogP contribution in [0.25, 0.3) is 0 Å². The van der Waals surface area contributed by atoms with E-state index in [1.165, 1.54) is 19.2 Å². The van der Waals surface area contributed by atoms with Crippen LogP contribution in [0.2, 0.25) is 0 Å². The Morgan fingerprint density at radius 2 is 1.50 bits per heavy atom. The van der Waals surface area contributed by atoms with E-state index in [4.69, 9.17) is 9.47 Å². The quantitative estimate of drug-likeness (QED) is 0.604. The summed E-state index contributed by atoms with van der Waals surface area (Å²) in [6.45, 7) is -0.00405. The second-order valence-electron chi connectivity index (χ2n) is 5.83. The SMILES string of the molecule is COc1ccc(COC(=O)C(c2ccccc2)c2ccccc2)cc1F. The third kappa shape index (κ3) is 4.09. The van der Waals surface area contributed by atoms with Gasteiger partial charge in [-0.25, -0.2) is 4.39 Å². The first-order valence-electron chi connectivity index (χ1n) is 8.28. The van der Waals surface area contributed by atoms with Gasteiger partial charge in [-0.2, -0.15) is 0 Å². The molecule has 0 N–H and O–H groups in total. The molecule has 0 saturated carbocycles. The summed E-state index contributed by atoms with van der Waals surface area (Å²) in [5.74, 6) is -1.23. The standard InChI is InChI=1S/C22H19FO3/c1-25-20-13-12-16(14-19(20)23)15-26-22(24)21(17-8-4-2-5-9-17)18-10-6-3-7-11-18/h2-14,21H,15H2,1H3. The lowest BCUT2D eigenvalue weighted by atomic mass is 9.91. The number of carbonyl (C=O) groups is 1. The van der Waals surface area contributed by atoms with Crippen molar-refractivity contribution in [1.29, 1.82) is 0 Å². The van der Waals surface area contributed by atoms with E-state index in [0.29, 0.717) is 5.56 Å². The fourth-order valence-corrected chi connectivity index (χ4v) is 2.79. The Bertz CT molecular complexity index is 824. The predicted molar refractivity (Wildman–Crippen MR) is 97.5 cm³/mol. The van der Waals surface area contributed by atoms with Gasteiger partial charge < -0.3 is 9.47 Å². The minimum atomic E-state index is -0.527. The summed E-state index contributed by atoms with van der Waals surface area (Å²) in [7, 11) is 1.41. The number of rotatable bonds is 6. The molecule has 3 nitrogen and oxygen atoms in total. The molecule has 0 atom stereocenters. The van der Waals surface area contributed by atoms with E-state index in [9.17, 15) is 9.18 Å². The molecule has 3 aromatic carbocycles. The molecule has 0 amide bonds. The first-order chi connectivity index (χ1) is 12.7. The Balaban J connectivity index is 1.79. The fraction of sp³-hybridized carbons (Fsp3) is 0.136. The van der Waals surface area contributed by atoms with Crippen molar-refractivity contribution in [2.75, 3.05) is 7.11 Å². The largest absolute Gasteiger partial charge is 0.494 e. The van der Waals surface area contributed by atoms with Crippen molar-refractivity contribution < 1.29 is 18.7 Å². The van der Waals surface area contributed by atoms with Gasteiger partial charge in [0.15, 0.2) is 11.6 Å². The van der Waals surface area contributed by atoms with Gasteiger partial charge in [-0.1, -0.05) is 66.7 Å². The van der Waals surface area contributed by atoms with E-state index in [2.05, 4.69) is 0 Å². The minimum absolute atomic E-state index is 0.00405. The Hall–Kier alpha value is -3.14. The molecule has 0 aliphatic carbocycles. The molecule has 3 rings (SSSR count). The van der Waals surface area contributed by atoms with Crippen LogP contribution in [0.1, 0.15) is 22.6 Å². The molecule has 0 saturated heterocycles. The molecule has 0 aliphatic heterocycles. The van der Waals surface area contributed by atoms with Crippen LogP contribution < -0.4 is 4.74 Å². The number of halogens is 1. The van der Waals surface area contributed by atoms with Gasteiger partial charge in [0.25, 0.3) is 0 Å². The molecule has 0 aliphatic rings. The predicted octanol–water partition coefficient (Wildman–Crippen LogP) is 4.71. The van der Waals surface area contributed by atoms with Crippen LogP contribution in [0.15, 0.2) is 78.9 Å². The second-order valence-corrected chi connectivity index (χ2v) is 5.83. The number of methoxy groups -OCH3 is 1. The minimum Gasteiger partial charge on any atom is -0.494 e. The van der Waals surface area contributed by atoms with Gasteiger partial charge in [0.1, 0.15) is 12.5 Å². The highest BCUT2D eigenvalue weighted by molar-refractivity contribution is 5.82. The number of esters is 1. The Morgan fingerprint density at radius 1 is 0.923 bits per heavy atom. The zero-order valence-corrected chi connectivity index (χ0v) is 14.4. The molecule has 0 fully saturated rings. The maximum Gasteiger partial charge on any atom is 0.318 e. The van der Waals surface area contributed by atoms with Crippen LogP contribution in [0.4, 0.5) is 4.39 Å². The maximum absolute atomic E-state index is 13.8. The average Bonchev–Trinajstić information content (AvgIpc) is 2.68. The van der Waals surface area contributed by atoms with Gasteiger partial charge in [-0.15, -0.1) is 0 Å². The Morgan fingerprint density at radius 3 is 2.00 bits per heavy atom. The Labute approximate surface area is 152 Å². The summed E-state index contributed by atoms with van der Waals surface area (Å²) in [4.78, 5) is 12.8. The van der Waals surface area contributed by atoms with Crippen molar-refractivity contribution >= 4 is 5.97 Å². The molecular formula is C22H19FO3. The van der Waals surface area contributed by atoms with Crippen LogP contribution in [0.3, 0.4) is 0 Å². The van der Waals surface area contributed by atoms with Crippen molar-refractivity contribution in [3.05, 3.63) is 101 Å². The molecule has 0 aromatic heterocycles. The molecule has 0 unspecified atom stereocenters. The lowest BCUT2D eigenvalue weighted by Crippen LogP contribution is -2.17. The van der Waals surface area contributed by atoms with E-state index in [1.807, 2.05) is 60.7 Å². The van der Waals surface area contributed by atoms with Gasteiger partial charge in [0.05, 0.1) is 7.11 Å². The van der Waals surface area contributed by atoms with Crippen molar-refractivity contribution in [2.24, 2.45) is 0 Å². The van der Waals surface area contributed by atoms with Gasteiger partial charge in [0, 0.05) is 0 Å². The average molecular weight is 350 g/mol. The summed E-state index contributed by atoms with van der Waals surface area (Å²) in [5, 5.41) is 0. The molecule has 26 heavy (non-hydrogen) atoms. The first-order valence-corrected chi connectivity index (χ1v) is 8.28. The van der Waals surface area contributed by atoms with Gasteiger partial charge >= 0.3 is 5.97 Å². The van der Waals surface area contributed by atoms with Crippen molar-refractivity contribution in [3.8, 4) is 5.75 Å². The van der Waals surface area contributed by atoms with E-state index in [-0.39, 0.29) is 18.3 Å². The van der Waals surface area contributed by atoms with Crippen molar-refractivity contribution in [3.63, 3.8) is 0 Å². The van der Waals surface area contributed by atoms with Crippen LogP contribution in [-0.4, -0.2) is 13.1 Å².